The van der Waals surface area contributed by atoms with E-state index in [4.69, 9.17) is 4.74 Å². The van der Waals surface area contributed by atoms with Crippen molar-refractivity contribution in [2.45, 2.75) is 44.7 Å². The summed E-state index contributed by atoms with van der Waals surface area (Å²) in [5.74, 6) is -0.474. The zero-order valence-corrected chi connectivity index (χ0v) is 17.3. The molecule has 1 fully saturated rings. The number of likely N-dealkylation sites (tertiary alicyclic amines) is 1. The highest BCUT2D eigenvalue weighted by atomic mass is 19.4. The van der Waals surface area contributed by atoms with Crippen molar-refractivity contribution in [2.24, 2.45) is 5.92 Å². The highest BCUT2D eigenvalue weighted by molar-refractivity contribution is 5.65. The first kappa shape index (κ1) is 24.1. The lowest BCUT2D eigenvalue weighted by molar-refractivity contribution is -0.143. The Labute approximate surface area is 182 Å². The quantitative estimate of drug-likeness (QED) is 0.392. The molecule has 1 aliphatic heterocycles. The van der Waals surface area contributed by atoms with Gasteiger partial charge in [0.15, 0.2) is 0 Å². The predicted octanol–water partition coefficient (Wildman–Crippen LogP) is 6.24. The Bertz CT molecular complexity index is 923. The van der Waals surface area contributed by atoms with Crippen molar-refractivity contribution in [1.29, 1.82) is 0 Å². The molecule has 1 aliphatic rings. The topological polar surface area (TPSA) is 29.5 Å². The zero-order chi connectivity index (χ0) is 23.5. The maximum absolute atomic E-state index is 13.4. The molecule has 0 radical (unpaired) electrons. The molecule has 9 heteroatoms. The molecule has 3 nitrogen and oxygen atoms in total. The number of carbonyl (C=O) groups excluding carboxylic acids is 1. The van der Waals surface area contributed by atoms with E-state index < -0.39 is 35.5 Å². The van der Waals surface area contributed by atoms with Gasteiger partial charge in [-0.05, 0) is 54.6 Å². The van der Waals surface area contributed by atoms with E-state index in [1.165, 1.54) is 37.3 Å². The van der Waals surface area contributed by atoms with Crippen LogP contribution in [0.1, 0.15) is 48.1 Å². The van der Waals surface area contributed by atoms with Gasteiger partial charge in [0, 0.05) is 19.5 Å². The van der Waals surface area contributed by atoms with Gasteiger partial charge in [-0.1, -0.05) is 30.3 Å². The van der Waals surface area contributed by atoms with Crippen molar-refractivity contribution in [3.8, 4) is 0 Å². The van der Waals surface area contributed by atoms with E-state index >= 15 is 0 Å². The summed E-state index contributed by atoms with van der Waals surface area (Å²) in [6.45, 7) is 1.88. The molecule has 0 saturated carbocycles. The van der Waals surface area contributed by atoms with E-state index in [0.717, 1.165) is 18.2 Å². The first-order chi connectivity index (χ1) is 14.9. The van der Waals surface area contributed by atoms with Crippen molar-refractivity contribution in [2.75, 3.05) is 13.2 Å². The third-order valence-electron chi connectivity index (χ3n) is 5.66. The molecule has 174 valence electrons. The van der Waals surface area contributed by atoms with E-state index in [-0.39, 0.29) is 24.6 Å². The molecular weight excluding hydrogens is 436 g/mol. The molecule has 32 heavy (non-hydrogen) atoms. The number of hydrogen-bond donors (Lipinski definition) is 0. The van der Waals surface area contributed by atoms with Gasteiger partial charge in [0.05, 0.1) is 17.7 Å². The minimum atomic E-state index is -4.51. The van der Waals surface area contributed by atoms with Crippen LogP contribution in [0, 0.1) is 5.92 Å². The van der Waals surface area contributed by atoms with Gasteiger partial charge in [-0.25, -0.2) is 0 Å². The van der Waals surface area contributed by atoms with E-state index in [0.29, 0.717) is 24.9 Å². The molecule has 0 aromatic heterocycles. The Morgan fingerprint density at radius 3 is 2.25 bits per heavy atom. The van der Waals surface area contributed by atoms with Crippen LogP contribution in [0.4, 0.5) is 26.3 Å². The van der Waals surface area contributed by atoms with Crippen LogP contribution in [0.3, 0.4) is 0 Å². The van der Waals surface area contributed by atoms with Gasteiger partial charge in [-0.15, -0.1) is 0 Å². The number of nitrogens with zero attached hydrogens (tertiary/aromatic N) is 1. The summed E-state index contributed by atoms with van der Waals surface area (Å²) in [5.41, 5.74) is -0.832. The Morgan fingerprint density at radius 2 is 1.66 bits per heavy atom. The highest BCUT2D eigenvalue weighted by Gasteiger charge is 2.36. The average molecular weight is 459 g/mol. The van der Waals surface area contributed by atoms with Gasteiger partial charge in [0.25, 0.3) is 0 Å². The molecule has 0 N–H and O–H groups in total. The van der Waals surface area contributed by atoms with Gasteiger partial charge in [-0.3, -0.25) is 9.69 Å². The van der Waals surface area contributed by atoms with Crippen molar-refractivity contribution >= 4 is 5.97 Å². The second kappa shape index (κ2) is 9.52. The monoisotopic (exact) mass is 459 g/mol. The Hall–Kier alpha value is -2.55. The first-order valence-electron chi connectivity index (χ1n) is 10.1. The van der Waals surface area contributed by atoms with Gasteiger partial charge in [0.2, 0.25) is 0 Å². The van der Waals surface area contributed by atoms with Crippen LogP contribution in [-0.2, 0) is 28.4 Å². The van der Waals surface area contributed by atoms with Crippen LogP contribution in [-0.4, -0.2) is 24.0 Å². The van der Waals surface area contributed by atoms with Gasteiger partial charge in [0.1, 0.15) is 0 Å². The Kier molecular flexibility index (Phi) is 7.17. The molecule has 2 aromatic rings. The molecule has 3 rings (SSSR count). The van der Waals surface area contributed by atoms with E-state index in [9.17, 15) is 31.1 Å². The highest BCUT2D eigenvalue weighted by Crippen LogP contribution is 2.39. The summed E-state index contributed by atoms with van der Waals surface area (Å²) in [6.07, 6.45) is -7.94. The summed E-state index contributed by atoms with van der Waals surface area (Å²) in [7, 11) is 0. The molecule has 2 unspecified atom stereocenters. The zero-order valence-electron chi connectivity index (χ0n) is 17.3. The maximum atomic E-state index is 13.4. The summed E-state index contributed by atoms with van der Waals surface area (Å²) < 4.78 is 84.3. The van der Waals surface area contributed by atoms with Gasteiger partial charge in [-0.2, -0.15) is 26.3 Å². The average Bonchev–Trinajstić information content (AvgIpc) is 2.72. The lowest BCUT2D eigenvalue weighted by atomic mass is 9.86. The third-order valence-corrected chi connectivity index (χ3v) is 5.66. The van der Waals surface area contributed by atoms with Crippen LogP contribution in [0.2, 0.25) is 0 Å². The number of piperidine rings is 1. The van der Waals surface area contributed by atoms with Crippen LogP contribution in [0.5, 0.6) is 0 Å². The number of halogens is 6. The fourth-order valence-corrected chi connectivity index (χ4v) is 4.06. The standard InChI is InChI=1S/C23H23F6NO2/c1-15(31)32-14-16-10-11-30(13-18-4-2-3-5-20(18)23(27,28)29)21(12-16)17-6-8-19(9-7-17)22(24,25)26/h2-9,16,21H,10-14H2,1H3. The Balaban J connectivity index is 1.88. The van der Waals surface area contributed by atoms with E-state index in [2.05, 4.69) is 0 Å². The summed E-state index contributed by atoms with van der Waals surface area (Å²) in [4.78, 5) is 13.0. The summed E-state index contributed by atoms with van der Waals surface area (Å²) in [5, 5.41) is 0. The number of esters is 1. The van der Waals surface area contributed by atoms with Crippen molar-refractivity contribution < 1.29 is 35.9 Å². The van der Waals surface area contributed by atoms with E-state index in [1.54, 1.807) is 0 Å². The number of benzene rings is 2. The van der Waals surface area contributed by atoms with E-state index in [1.807, 2.05) is 4.90 Å². The molecule has 2 atom stereocenters. The van der Waals surface area contributed by atoms with Crippen molar-refractivity contribution in [3.05, 3.63) is 70.8 Å². The van der Waals surface area contributed by atoms with Crippen LogP contribution in [0.25, 0.3) is 0 Å². The largest absolute Gasteiger partial charge is 0.466 e. The number of ether oxygens (including phenoxy) is 1. The fraction of sp³-hybridized carbons (Fsp3) is 0.435. The maximum Gasteiger partial charge on any atom is 0.416 e. The normalized spacial score (nSPS) is 20.2. The number of rotatable bonds is 5. The predicted molar refractivity (Wildman–Crippen MR) is 105 cm³/mol. The minimum absolute atomic E-state index is 0.00164. The van der Waals surface area contributed by atoms with Gasteiger partial charge >= 0.3 is 18.3 Å². The molecule has 0 bridgehead atoms. The van der Waals surface area contributed by atoms with Crippen LogP contribution >= 0.6 is 0 Å². The first-order valence-corrected chi connectivity index (χ1v) is 10.1. The fourth-order valence-electron chi connectivity index (χ4n) is 4.06. The molecule has 1 saturated heterocycles. The third kappa shape index (κ3) is 6.03. The molecule has 0 aliphatic carbocycles. The second-order valence-electron chi connectivity index (χ2n) is 7.95. The molecule has 1 heterocycles. The van der Waals surface area contributed by atoms with Crippen LogP contribution in [0.15, 0.2) is 48.5 Å². The molecular formula is C23H23F6NO2. The van der Waals surface area contributed by atoms with Crippen LogP contribution < -0.4 is 0 Å². The molecule has 0 spiro atoms. The summed E-state index contributed by atoms with van der Waals surface area (Å²) in [6, 6.07) is 9.57. The number of alkyl halides is 6. The van der Waals surface area contributed by atoms with Gasteiger partial charge < -0.3 is 4.74 Å². The Morgan fingerprint density at radius 1 is 1.00 bits per heavy atom. The molecule has 0 amide bonds. The lowest BCUT2D eigenvalue weighted by Gasteiger charge is -2.40. The summed E-state index contributed by atoms with van der Waals surface area (Å²) >= 11 is 0. The minimum Gasteiger partial charge on any atom is -0.466 e. The van der Waals surface area contributed by atoms with Crippen molar-refractivity contribution in [1.82, 2.24) is 4.90 Å². The van der Waals surface area contributed by atoms with Crippen molar-refractivity contribution in [3.63, 3.8) is 0 Å². The smallest absolute Gasteiger partial charge is 0.416 e. The second-order valence-corrected chi connectivity index (χ2v) is 7.95. The number of hydrogen-bond acceptors (Lipinski definition) is 3. The SMILES string of the molecule is CC(=O)OCC1CCN(Cc2ccccc2C(F)(F)F)C(c2ccc(C(F)(F)F)cc2)C1. The molecule has 2 aromatic carbocycles. The lowest BCUT2D eigenvalue weighted by Crippen LogP contribution is -2.38. The number of carbonyl (C=O) groups is 1.